The number of hydrogen-bond donors (Lipinski definition) is 0. The molecule has 1 aliphatic heterocycles. The molecule has 0 radical (unpaired) electrons. The van der Waals surface area contributed by atoms with Crippen LogP contribution in [0.2, 0.25) is 0 Å². The standard InChI is InChI=1S/C17H23N3/c1-14(2)12-20-16-9-5-4-8-15(16)18-17(20)13-19-10-6-3-7-11-19/h4-5,8-9H,1,3,6-7,10-13H2,2H3. The van der Waals surface area contributed by atoms with Crippen LogP contribution in [0, 0.1) is 0 Å². The van der Waals surface area contributed by atoms with Crippen LogP contribution in [0.4, 0.5) is 0 Å². The van der Waals surface area contributed by atoms with Crippen LogP contribution in [0.3, 0.4) is 0 Å². The molecule has 1 aromatic heterocycles. The van der Waals surface area contributed by atoms with Crippen molar-refractivity contribution in [1.82, 2.24) is 14.5 Å². The zero-order valence-electron chi connectivity index (χ0n) is 12.3. The molecule has 1 fully saturated rings. The highest BCUT2D eigenvalue weighted by Gasteiger charge is 2.16. The maximum absolute atomic E-state index is 4.84. The van der Waals surface area contributed by atoms with Gasteiger partial charge in [-0.2, -0.15) is 0 Å². The van der Waals surface area contributed by atoms with Gasteiger partial charge in [0, 0.05) is 6.54 Å². The van der Waals surface area contributed by atoms with Crippen LogP contribution in [0.25, 0.3) is 11.0 Å². The fraction of sp³-hybridized carbons (Fsp3) is 0.471. The highest BCUT2D eigenvalue weighted by molar-refractivity contribution is 5.76. The summed E-state index contributed by atoms with van der Waals surface area (Å²) >= 11 is 0. The Morgan fingerprint density at radius 3 is 2.70 bits per heavy atom. The van der Waals surface area contributed by atoms with Crippen LogP contribution in [-0.2, 0) is 13.1 Å². The van der Waals surface area contributed by atoms with E-state index in [1.54, 1.807) is 0 Å². The van der Waals surface area contributed by atoms with E-state index in [1.807, 2.05) is 0 Å². The molecule has 0 amide bonds. The molecule has 0 bridgehead atoms. The predicted molar refractivity (Wildman–Crippen MR) is 83.7 cm³/mol. The minimum Gasteiger partial charge on any atom is -0.323 e. The Morgan fingerprint density at radius 1 is 1.20 bits per heavy atom. The molecule has 3 rings (SSSR count). The molecule has 1 saturated heterocycles. The van der Waals surface area contributed by atoms with Crippen molar-refractivity contribution in [3.05, 3.63) is 42.2 Å². The van der Waals surface area contributed by atoms with Crippen LogP contribution >= 0.6 is 0 Å². The average molecular weight is 269 g/mol. The largest absolute Gasteiger partial charge is 0.323 e. The molecular weight excluding hydrogens is 246 g/mol. The van der Waals surface area contributed by atoms with Gasteiger partial charge in [0.25, 0.3) is 0 Å². The third-order valence-electron chi connectivity index (χ3n) is 3.98. The van der Waals surface area contributed by atoms with E-state index in [9.17, 15) is 0 Å². The van der Waals surface area contributed by atoms with E-state index >= 15 is 0 Å². The Labute approximate surface area is 120 Å². The summed E-state index contributed by atoms with van der Waals surface area (Å²) in [5.41, 5.74) is 3.50. The molecule has 0 N–H and O–H groups in total. The molecule has 0 saturated carbocycles. The number of imidazole rings is 1. The second-order valence-electron chi connectivity index (χ2n) is 5.90. The Bertz CT molecular complexity index is 606. The lowest BCUT2D eigenvalue weighted by molar-refractivity contribution is 0.214. The van der Waals surface area contributed by atoms with Gasteiger partial charge in [-0.15, -0.1) is 0 Å². The molecule has 106 valence electrons. The fourth-order valence-corrected chi connectivity index (χ4v) is 3.01. The van der Waals surface area contributed by atoms with Gasteiger partial charge < -0.3 is 4.57 Å². The summed E-state index contributed by atoms with van der Waals surface area (Å²) < 4.78 is 2.33. The fourth-order valence-electron chi connectivity index (χ4n) is 3.01. The van der Waals surface area contributed by atoms with Crippen molar-refractivity contribution >= 4 is 11.0 Å². The maximum atomic E-state index is 4.84. The first-order valence-corrected chi connectivity index (χ1v) is 7.55. The summed E-state index contributed by atoms with van der Waals surface area (Å²) in [6.07, 6.45) is 4.01. The molecule has 0 unspecified atom stereocenters. The summed E-state index contributed by atoms with van der Waals surface area (Å²) in [4.78, 5) is 7.37. The van der Waals surface area contributed by atoms with E-state index in [1.165, 1.54) is 49.3 Å². The third kappa shape index (κ3) is 2.78. The number of allylic oxidation sites excluding steroid dienone is 1. The van der Waals surface area contributed by atoms with E-state index in [2.05, 4.69) is 47.2 Å². The summed E-state index contributed by atoms with van der Waals surface area (Å²) in [7, 11) is 0. The Balaban J connectivity index is 1.93. The third-order valence-corrected chi connectivity index (χ3v) is 3.98. The molecule has 0 spiro atoms. The summed E-state index contributed by atoms with van der Waals surface area (Å²) in [5, 5.41) is 0. The van der Waals surface area contributed by atoms with Crippen LogP contribution in [0.15, 0.2) is 36.4 Å². The molecule has 1 aliphatic rings. The van der Waals surface area contributed by atoms with Crippen LogP contribution in [-0.4, -0.2) is 27.5 Å². The van der Waals surface area contributed by atoms with E-state index in [0.29, 0.717) is 0 Å². The summed E-state index contributed by atoms with van der Waals surface area (Å²) in [5.74, 6) is 1.18. The van der Waals surface area contributed by atoms with Crippen molar-refractivity contribution < 1.29 is 0 Å². The zero-order valence-corrected chi connectivity index (χ0v) is 12.3. The van der Waals surface area contributed by atoms with E-state index in [0.717, 1.165) is 18.6 Å². The van der Waals surface area contributed by atoms with Crippen molar-refractivity contribution in [2.24, 2.45) is 0 Å². The van der Waals surface area contributed by atoms with Gasteiger partial charge in [0.2, 0.25) is 0 Å². The van der Waals surface area contributed by atoms with Crippen molar-refractivity contribution in [3.63, 3.8) is 0 Å². The smallest absolute Gasteiger partial charge is 0.124 e. The van der Waals surface area contributed by atoms with E-state index < -0.39 is 0 Å². The molecule has 0 atom stereocenters. The SMILES string of the molecule is C=C(C)Cn1c(CN2CCCCC2)nc2ccccc21. The second kappa shape index (κ2) is 5.80. The second-order valence-corrected chi connectivity index (χ2v) is 5.90. The first kappa shape index (κ1) is 13.4. The predicted octanol–water partition coefficient (Wildman–Crippen LogP) is 3.60. The normalized spacial score (nSPS) is 16.6. The number of para-hydroxylation sites is 2. The van der Waals surface area contributed by atoms with Crippen LogP contribution in [0.1, 0.15) is 32.0 Å². The van der Waals surface area contributed by atoms with Gasteiger partial charge in [-0.1, -0.05) is 30.7 Å². The molecular formula is C17H23N3. The minimum absolute atomic E-state index is 0.865. The van der Waals surface area contributed by atoms with Crippen molar-refractivity contribution in [2.75, 3.05) is 13.1 Å². The Hall–Kier alpha value is -1.61. The lowest BCUT2D eigenvalue weighted by atomic mass is 10.1. The van der Waals surface area contributed by atoms with E-state index in [4.69, 9.17) is 4.98 Å². The zero-order chi connectivity index (χ0) is 13.9. The quantitative estimate of drug-likeness (QED) is 0.791. The number of nitrogens with zero attached hydrogens (tertiary/aromatic N) is 3. The molecule has 0 aliphatic carbocycles. The van der Waals surface area contributed by atoms with Gasteiger partial charge in [-0.05, 0) is 45.0 Å². The van der Waals surface area contributed by atoms with Crippen molar-refractivity contribution in [2.45, 2.75) is 39.3 Å². The highest BCUT2D eigenvalue weighted by Crippen LogP contribution is 2.20. The number of fused-ring (bicyclic) bond motifs is 1. The maximum Gasteiger partial charge on any atom is 0.124 e. The van der Waals surface area contributed by atoms with E-state index in [-0.39, 0.29) is 0 Å². The lowest BCUT2D eigenvalue weighted by Gasteiger charge is -2.26. The molecule has 2 aromatic rings. The lowest BCUT2D eigenvalue weighted by Crippen LogP contribution is -2.30. The van der Waals surface area contributed by atoms with Crippen molar-refractivity contribution in [1.29, 1.82) is 0 Å². The van der Waals surface area contributed by atoms with Gasteiger partial charge in [0.05, 0.1) is 17.6 Å². The highest BCUT2D eigenvalue weighted by atomic mass is 15.2. The number of rotatable bonds is 4. The molecule has 1 aromatic carbocycles. The number of aromatic nitrogens is 2. The summed E-state index contributed by atoms with van der Waals surface area (Å²) in [6, 6.07) is 8.41. The Kier molecular flexibility index (Phi) is 3.88. The molecule has 2 heterocycles. The van der Waals surface area contributed by atoms with Crippen molar-refractivity contribution in [3.8, 4) is 0 Å². The van der Waals surface area contributed by atoms with Crippen LogP contribution in [0.5, 0.6) is 0 Å². The number of likely N-dealkylation sites (tertiary alicyclic amines) is 1. The Morgan fingerprint density at radius 2 is 1.95 bits per heavy atom. The number of hydrogen-bond acceptors (Lipinski definition) is 2. The molecule has 20 heavy (non-hydrogen) atoms. The summed E-state index contributed by atoms with van der Waals surface area (Å²) in [6.45, 7) is 10.4. The van der Waals surface area contributed by atoms with Gasteiger partial charge in [-0.3, -0.25) is 4.90 Å². The van der Waals surface area contributed by atoms with Gasteiger partial charge in [0.1, 0.15) is 5.82 Å². The topological polar surface area (TPSA) is 21.1 Å². The number of piperidine rings is 1. The van der Waals surface area contributed by atoms with Crippen LogP contribution < -0.4 is 0 Å². The van der Waals surface area contributed by atoms with Gasteiger partial charge in [-0.25, -0.2) is 4.98 Å². The first-order valence-electron chi connectivity index (χ1n) is 7.55. The minimum atomic E-state index is 0.865. The average Bonchev–Trinajstić information content (AvgIpc) is 2.78. The number of benzene rings is 1. The van der Waals surface area contributed by atoms with Gasteiger partial charge in [0.15, 0.2) is 0 Å². The molecule has 3 heteroatoms. The first-order chi connectivity index (χ1) is 9.74. The monoisotopic (exact) mass is 269 g/mol. The molecule has 3 nitrogen and oxygen atoms in total. The van der Waals surface area contributed by atoms with Gasteiger partial charge >= 0.3 is 0 Å².